The van der Waals surface area contributed by atoms with Gasteiger partial charge in [0.1, 0.15) is 11.2 Å². The highest BCUT2D eigenvalue weighted by Gasteiger charge is 2.41. The van der Waals surface area contributed by atoms with Crippen LogP contribution in [0.25, 0.3) is 76.9 Å². The van der Waals surface area contributed by atoms with Crippen molar-refractivity contribution >= 4 is 94.4 Å². The first-order valence-electron chi connectivity index (χ1n) is 19.9. The van der Waals surface area contributed by atoms with Crippen LogP contribution in [0.5, 0.6) is 0 Å². The molecule has 0 amide bonds. The normalized spacial score (nSPS) is 12.1. The van der Waals surface area contributed by atoms with Crippen LogP contribution >= 0.6 is 0 Å². The third-order valence-electron chi connectivity index (χ3n) is 12.3. The van der Waals surface area contributed by atoms with Gasteiger partial charge in [-0.15, -0.1) is 0 Å². The number of rotatable bonds is 6. The van der Waals surface area contributed by atoms with Gasteiger partial charge in [0.2, 0.25) is 0 Å². The summed E-state index contributed by atoms with van der Waals surface area (Å²) in [4.78, 5) is 0. The summed E-state index contributed by atoms with van der Waals surface area (Å²) in [6.45, 7) is 0. The Labute approximate surface area is 336 Å². The fourth-order valence-electron chi connectivity index (χ4n) is 9.85. The molecule has 0 radical (unpaired) electrons. The van der Waals surface area contributed by atoms with E-state index in [0.717, 1.165) is 38.8 Å². The molecule has 3 nitrogen and oxygen atoms in total. The smallest absolute Gasteiger partial charge is 0.179 e. The lowest BCUT2D eigenvalue weighted by Gasteiger charge is -2.34. The van der Waals surface area contributed by atoms with E-state index in [1.807, 2.05) is 6.07 Å². The highest BCUT2D eigenvalue weighted by molar-refractivity contribution is 7.20. The Morgan fingerprint density at radius 1 is 0.310 bits per heavy atom. The molecule has 272 valence electrons. The summed E-state index contributed by atoms with van der Waals surface area (Å²) in [5.74, 6) is 0. The van der Waals surface area contributed by atoms with E-state index in [1.54, 1.807) is 0 Å². The second-order valence-corrected chi connectivity index (χ2v) is 19.0. The van der Waals surface area contributed by atoms with Gasteiger partial charge in [-0.1, -0.05) is 170 Å². The zero-order valence-corrected chi connectivity index (χ0v) is 32.6. The van der Waals surface area contributed by atoms with Crippen molar-refractivity contribution in [1.82, 2.24) is 9.13 Å². The molecule has 0 atom stereocenters. The fourth-order valence-corrected chi connectivity index (χ4v) is 14.6. The van der Waals surface area contributed by atoms with E-state index in [4.69, 9.17) is 4.42 Å². The fraction of sp³-hybridized carbons (Fsp3) is 0. The minimum Gasteiger partial charge on any atom is -0.456 e. The molecule has 0 spiro atoms. The summed E-state index contributed by atoms with van der Waals surface area (Å²) >= 11 is 0. The number of para-hydroxylation sites is 3. The maximum Gasteiger partial charge on any atom is 0.179 e. The van der Waals surface area contributed by atoms with Gasteiger partial charge in [-0.05, 0) is 69.3 Å². The molecule has 12 aromatic rings. The van der Waals surface area contributed by atoms with Crippen molar-refractivity contribution in [2.24, 2.45) is 0 Å². The standard InChI is InChI=1S/C54H36N2OSi/c1-4-17-38(18-5-1)58(39-19-6-2-7-20-39,40-21-8-3-9-22-40)41-32-34-49-46(36-41)43-24-11-13-26-47(43)55(49)37-31-33-44-42-23-10-14-27-48(42)56(51(44)35-37)50-28-16-30-53-54(50)45-25-12-15-29-52(45)57-53/h1-36H. The molecular weight excluding hydrogens is 721 g/mol. The monoisotopic (exact) mass is 756 g/mol. The van der Waals surface area contributed by atoms with Crippen molar-refractivity contribution in [3.05, 3.63) is 218 Å². The number of fused-ring (bicyclic) bond motifs is 9. The molecule has 0 N–H and O–H groups in total. The van der Waals surface area contributed by atoms with Crippen LogP contribution in [-0.4, -0.2) is 17.2 Å². The van der Waals surface area contributed by atoms with Gasteiger partial charge < -0.3 is 13.6 Å². The van der Waals surface area contributed by atoms with Crippen molar-refractivity contribution in [3.8, 4) is 11.4 Å². The topological polar surface area (TPSA) is 23.0 Å². The number of hydrogen-bond donors (Lipinski definition) is 0. The van der Waals surface area contributed by atoms with Gasteiger partial charge in [0.05, 0.1) is 33.1 Å². The highest BCUT2D eigenvalue weighted by atomic mass is 28.3. The molecule has 3 heterocycles. The van der Waals surface area contributed by atoms with Crippen molar-refractivity contribution in [2.75, 3.05) is 0 Å². The molecule has 3 aromatic heterocycles. The Hall–Kier alpha value is -7.40. The molecular formula is C54H36N2OSi. The third-order valence-corrected chi connectivity index (χ3v) is 17.0. The first kappa shape index (κ1) is 32.8. The van der Waals surface area contributed by atoms with Crippen molar-refractivity contribution in [2.45, 2.75) is 0 Å². The lowest BCUT2D eigenvalue weighted by Crippen LogP contribution is -2.74. The summed E-state index contributed by atoms with van der Waals surface area (Å²) in [7, 11) is -2.73. The average Bonchev–Trinajstić information content (AvgIpc) is 3.95. The van der Waals surface area contributed by atoms with Crippen molar-refractivity contribution < 1.29 is 4.42 Å². The zero-order valence-electron chi connectivity index (χ0n) is 31.6. The SMILES string of the molecule is c1ccc([Si](c2ccccc2)(c2ccccc2)c2ccc3c(c2)c2ccccc2n3-c2ccc3c4ccccc4n(-c4cccc5oc6ccccc6c45)c3c2)cc1. The van der Waals surface area contributed by atoms with E-state index < -0.39 is 8.07 Å². The number of aromatic nitrogens is 2. The van der Waals surface area contributed by atoms with Crippen LogP contribution in [0.4, 0.5) is 0 Å². The number of benzene rings is 9. The van der Waals surface area contributed by atoms with Crippen molar-refractivity contribution in [3.63, 3.8) is 0 Å². The predicted octanol–water partition coefficient (Wildman–Crippen LogP) is 11.2. The van der Waals surface area contributed by atoms with E-state index in [9.17, 15) is 0 Å². The summed E-state index contributed by atoms with van der Waals surface area (Å²) in [5, 5.41) is 12.7. The summed E-state index contributed by atoms with van der Waals surface area (Å²) in [6.07, 6.45) is 0. The largest absolute Gasteiger partial charge is 0.456 e. The van der Waals surface area contributed by atoms with Crippen LogP contribution in [0.15, 0.2) is 223 Å². The van der Waals surface area contributed by atoms with E-state index in [1.165, 1.54) is 58.8 Å². The van der Waals surface area contributed by atoms with E-state index in [-0.39, 0.29) is 0 Å². The van der Waals surface area contributed by atoms with E-state index in [0.29, 0.717) is 0 Å². The molecule has 0 aliphatic carbocycles. The molecule has 0 fully saturated rings. The molecule has 0 bridgehead atoms. The van der Waals surface area contributed by atoms with Gasteiger partial charge in [-0.2, -0.15) is 0 Å². The number of hydrogen-bond acceptors (Lipinski definition) is 1. The van der Waals surface area contributed by atoms with E-state index >= 15 is 0 Å². The Bertz CT molecular complexity index is 3410. The van der Waals surface area contributed by atoms with E-state index in [2.05, 4.69) is 221 Å². The molecule has 58 heavy (non-hydrogen) atoms. The quantitative estimate of drug-likeness (QED) is 0.122. The Balaban J connectivity index is 1.14. The van der Waals surface area contributed by atoms with Crippen LogP contribution in [0.3, 0.4) is 0 Å². The predicted molar refractivity (Wildman–Crippen MR) is 246 cm³/mol. The lowest BCUT2D eigenvalue weighted by atomic mass is 10.1. The minimum absolute atomic E-state index is 0.889. The number of nitrogens with zero attached hydrogens (tertiary/aromatic N) is 2. The molecule has 12 rings (SSSR count). The molecule has 0 saturated carbocycles. The first-order valence-corrected chi connectivity index (χ1v) is 21.9. The number of furan rings is 1. The van der Waals surface area contributed by atoms with Crippen LogP contribution in [0.1, 0.15) is 0 Å². The second kappa shape index (κ2) is 12.8. The second-order valence-electron chi connectivity index (χ2n) is 15.2. The average molecular weight is 757 g/mol. The Morgan fingerprint density at radius 2 is 0.828 bits per heavy atom. The van der Waals surface area contributed by atoms with Crippen LogP contribution in [0, 0.1) is 0 Å². The molecule has 0 aliphatic rings. The zero-order chi connectivity index (χ0) is 38.2. The molecule has 9 aromatic carbocycles. The molecule has 0 unspecified atom stereocenters. The summed E-state index contributed by atoms with van der Waals surface area (Å²) < 4.78 is 11.3. The van der Waals surface area contributed by atoms with Gasteiger partial charge in [0, 0.05) is 32.6 Å². The van der Waals surface area contributed by atoms with Gasteiger partial charge >= 0.3 is 0 Å². The third kappa shape index (κ3) is 4.67. The maximum atomic E-state index is 6.40. The molecule has 4 heteroatoms. The lowest BCUT2D eigenvalue weighted by molar-refractivity contribution is 0.669. The Kier molecular flexibility index (Phi) is 7.25. The van der Waals surface area contributed by atoms with Crippen molar-refractivity contribution in [1.29, 1.82) is 0 Å². The molecule has 0 aliphatic heterocycles. The summed E-state index contributed by atoms with van der Waals surface area (Å²) in [5.41, 5.74) is 8.72. The molecule has 0 saturated heterocycles. The van der Waals surface area contributed by atoms with Gasteiger partial charge in [-0.25, -0.2) is 0 Å². The van der Waals surface area contributed by atoms with Gasteiger partial charge in [0.25, 0.3) is 0 Å². The first-order chi connectivity index (χ1) is 28.8. The van der Waals surface area contributed by atoms with Gasteiger partial charge in [-0.3, -0.25) is 0 Å². The van der Waals surface area contributed by atoms with Crippen LogP contribution in [-0.2, 0) is 0 Å². The van der Waals surface area contributed by atoms with Crippen LogP contribution in [0.2, 0.25) is 0 Å². The summed E-state index contributed by atoms with van der Waals surface area (Å²) in [6, 6.07) is 80.3. The Morgan fingerprint density at radius 3 is 1.50 bits per heavy atom. The maximum absolute atomic E-state index is 6.40. The minimum atomic E-state index is -2.73. The highest BCUT2D eigenvalue weighted by Crippen LogP contribution is 2.40. The van der Waals surface area contributed by atoms with Gasteiger partial charge in [0.15, 0.2) is 8.07 Å². The van der Waals surface area contributed by atoms with Crippen LogP contribution < -0.4 is 20.7 Å².